The van der Waals surface area contributed by atoms with Crippen LogP contribution in [0.25, 0.3) is 0 Å². The smallest absolute Gasteiger partial charge is 1.00 e. The van der Waals surface area contributed by atoms with Crippen LogP contribution in [-0.2, 0) is 19.5 Å². The van der Waals surface area contributed by atoms with Gasteiger partial charge in [-0.05, 0) is 0 Å². The summed E-state index contributed by atoms with van der Waals surface area (Å²) in [7, 11) is 0. The molecule has 0 aliphatic heterocycles. The summed E-state index contributed by atoms with van der Waals surface area (Å²) in [5.41, 5.74) is 0. The molecule has 0 aromatic rings. The van der Waals surface area contributed by atoms with Crippen molar-refractivity contribution in [3.8, 4) is 0 Å². The molecule has 0 aromatic heterocycles. The molecule has 0 aromatic carbocycles. The van der Waals surface area contributed by atoms with Crippen molar-refractivity contribution in [1.82, 2.24) is 0 Å². The standard InChI is InChI=1S/4ClH.Cs.Ru.H/h4*1H;;;/q;;;;+1;;-1. The van der Waals surface area contributed by atoms with Crippen LogP contribution >= 0.6 is 49.6 Å². The van der Waals surface area contributed by atoms with Crippen LogP contribution in [0.2, 0.25) is 0 Å². The first-order chi connectivity index (χ1) is 0. The third kappa shape index (κ3) is 24.9. The van der Waals surface area contributed by atoms with E-state index in [9.17, 15) is 0 Å². The summed E-state index contributed by atoms with van der Waals surface area (Å²) >= 11 is 0. The fourth-order valence-electron chi connectivity index (χ4n) is 0. The maximum Gasteiger partial charge on any atom is 1.00 e. The molecule has 0 bridgehead atoms. The first-order valence-electron chi connectivity index (χ1n) is 0. The molecule has 0 radical (unpaired) electrons. The molecule has 6 heavy (non-hydrogen) atoms. The predicted octanol–water partition coefficient (Wildman–Crippen LogP) is -1.20. The van der Waals surface area contributed by atoms with Crippen LogP contribution in [0, 0.1) is 0 Å². The Morgan fingerprint density at radius 1 is 0.667 bits per heavy atom. The van der Waals surface area contributed by atoms with Gasteiger partial charge in [-0.2, -0.15) is 0 Å². The quantitative estimate of drug-likeness (QED) is 0.463. The summed E-state index contributed by atoms with van der Waals surface area (Å²) in [5, 5.41) is 0. The fraction of sp³-hybridized carbons (Fsp3) is 0. The second-order valence-electron chi connectivity index (χ2n) is 0. The van der Waals surface area contributed by atoms with Crippen molar-refractivity contribution in [2.24, 2.45) is 0 Å². The monoisotopic (exact) mass is 380 g/mol. The van der Waals surface area contributed by atoms with E-state index in [4.69, 9.17) is 0 Å². The van der Waals surface area contributed by atoms with E-state index in [1.165, 1.54) is 0 Å². The average Bonchev–Trinajstić information content (AvgIpc) is 0. The number of hydrogen-bond donors (Lipinski definition) is 0. The van der Waals surface area contributed by atoms with Crippen LogP contribution in [0.4, 0.5) is 0 Å². The van der Waals surface area contributed by atoms with Gasteiger partial charge in [-0.25, -0.2) is 0 Å². The third-order valence-electron chi connectivity index (χ3n) is 0. The molecule has 0 aliphatic carbocycles. The van der Waals surface area contributed by atoms with Crippen molar-refractivity contribution in [2.45, 2.75) is 0 Å². The minimum atomic E-state index is 0. The minimum Gasteiger partial charge on any atom is -1.00 e. The molecular formula is H5Cl4CsRu. The van der Waals surface area contributed by atoms with Crippen LogP contribution in [0.15, 0.2) is 0 Å². The molecule has 0 fully saturated rings. The Labute approximate surface area is 136 Å². The summed E-state index contributed by atoms with van der Waals surface area (Å²) in [5.74, 6) is 0. The zero-order valence-corrected chi connectivity index (χ0v) is 14.3. The van der Waals surface area contributed by atoms with E-state index >= 15 is 0 Å². The van der Waals surface area contributed by atoms with Gasteiger partial charge in [-0.15, -0.1) is 49.6 Å². The van der Waals surface area contributed by atoms with Gasteiger partial charge in [0.15, 0.2) is 0 Å². The van der Waals surface area contributed by atoms with Crippen molar-refractivity contribution in [1.29, 1.82) is 0 Å². The zero-order chi connectivity index (χ0) is 0. The molecule has 0 saturated carbocycles. The SMILES string of the molecule is Cl.Cl.Cl.Cl.[Cs+].[H-].[Ru]. The van der Waals surface area contributed by atoms with Gasteiger partial charge in [0.1, 0.15) is 0 Å². The van der Waals surface area contributed by atoms with E-state index in [1.807, 2.05) is 0 Å². The number of halogens is 4. The van der Waals surface area contributed by atoms with Crippen molar-refractivity contribution in [3.05, 3.63) is 0 Å². The minimum absolute atomic E-state index is 0. The second kappa shape index (κ2) is 36.9. The maximum absolute atomic E-state index is 0. The molecule has 0 aliphatic rings. The molecule has 42 valence electrons. The molecular weight excluding hydrogens is 376 g/mol. The van der Waals surface area contributed by atoms with Crippen LogP contribution < -0.4 is 68.9 Å². The Bertz CT molecular complexity index is 11.7. The molecule has 0 heterocycles. The summed E-state index contributed by atoms with van der Waals surface area (Å²) in [6.45, 7) is 0. The van der Waals surface area contributed by atoms with E-state index in [1.54, 1.807) is 0 Å². The summed E-state index contributed by atoms with van der Waals surface area (Å²) in [6.07, 6.45) is 0. The van der Waals surface area contributed by atoms with Crippen LogP contribution in [0.5, 0.6) is 0 Å². The van der Waals surface area contributed by atoms with Crippen molar-refractivity contribution < 1.29 is 89.8 Å². The third-order valence-corrected chi connectivity index (χ3v) is 0. The number of rotatable bonds is 0. The fourth-order valence-corrected chi connectivity index (χ4v) is 0. The van der Waals surface area contributed by atoms with Crippen LogP contribution in [0.3, 0.4) is 0 Å². The van der Waals surface area contributed by atoms with E-state index in [0.717, 1.165) is 0 Å². The van der Waals surface area contributed by atoms with Gasteiger partial charge in [0, 0.05) is 19.5 Å². The molecule has 0 saturated heterocycles. The molecule has 0 amide bonds. The molecule has 6 heteroatoms. The van der Waals surface area contributed by atoms with Crippen LogP contribution in [-0.4, -0.2) is 0 Å². The first kappa shape index (κ1) is 52.2. The van der Waals surface area contributed by atoms with Crippen molar-refractivity contribution >= 4 is 49.6 Å². The maximum atomic E-state index is 0. The normalized spacial score (nSPS) is 0. The summed E-state index contributed by atoms with van der Waals surface area (Å²) < 4.78 is 0. The predicted molar refractivity (Wildman–Crippen MR) is 30.1 cm³/mol. The Balaban J connectivity index is 0. The molecule has 0 unspecified atom stereocenters. The van der Waals surface area contributed by atoms with E-state index in [0.29, 0.717) is 0 Å². The van der Waals surface area contributed by atoms with Gasteiger partial charge < -0.3 is 1.43 Å². The van der Waals surface area contributed by atoms with E-state index < -0.39 is 0 Å². The van der Waals surface area contributed by atoms with Crippen molar-refractivity contribution in [2.75, 3.05) is 0 Å². The Morgan fingerprint density at radius 2 is 0.667 bits per heavy atom. The molecule has 0 N–H and O–H groups in total. The van der Waals surface area contributed by atoms with Gasteiger partial charge in [-0.3, -0.25) is 0 Å². The van der Waals surface area contributed by atoms with Gasteiger partial charge in [-0.1, -0.05) is 0 Å². The zero-order valence-electron chi connectivity index (χ0n) is 3.99. The second-order valence-corrected chi connectivity index (χ2v) is 0. The Hall–Kier alpha value is 3.84. The summed E-state index contributed by atoms with van der Waals surface area (Å²) in [4.78, 5) is 0. The van der Waals surface area contributed by atoms with Gasteiger partial charge in [0.25, 0.3) is 0 Å². The Kier molecular flexibility index (Phi) is 321. The molecule has 0 rings (SSSR count). The van der Waals surface area contributed by atoms with Gasteiger partial charge in [0.05, 0.1) is 0 Å². The Morgan fingerprint density at radius 3 is 0.667 bits per heavy atom. The largest absolute Gasteiger partial charge is 1.00 e. The van der Waals surface area contributed by atoms with E-state index in [2.05, 4.69) is 0 Å². The van der Waals surface area contributed by atoms with Gasteiger partial charge in [0.2, 0.25) is 0 Å². The average molecular weight is 381 g/mol. The topological polar surface area (TPSA) is 0 Å². The van der Waals surface area contributed by atoms with Gasteiger partial charge >= 0.3 is 68.9 Å². The van der Waals surface area contributed by atoms with Crippen LogP contribution in [0.1, 0.15) is 1.43 Å². The van der Waals surface area contributed by atoms with Crippen molar-refractivity contribution in [3.63, 3.8) is 0 Å². The molecule has 0 atom stereocenters. The molecule has 0 nitrogen and oxygen atoms in total. The first-order valence-corrected chi connectivity index (χ1v) is 0. The summed E-state index contributed by atoms with van der Waals surface area (Å²) in [6, 6.07) is 0. The van der Waals surface area contributed by atoms with E-state index in [-0.39, 0.29) is 139 Å². The number of hydrogen-bond acceptors (Lipinski definition) is 0. The molecule has 0 spiro atoms.